The van der Waals surface area contributed by atoms with Crippen molar-refractivity contribution in [1.29, 1.82) is 0 Å². The first kappa shape index (κ1) is 21.6. The molecule has 4 aromatic rings. The number of fused-ring (bicyclic) bond motifs is 2. The Bertz CT molecular complexity index is 1490. The molecule has 34 heavy (non-hydrogen) atoms. The van der Waals surface area contributed by atoms with Gasteiger partial charge in [0.1, 0.15) is 17.6 Å². The lowest BCUT2D eigenvalue weighted by Gasteiger charge is -2.13. The quantitative estimate of drug-likeness (QED) is 0.237. The van der Waals surface area contributed by atoms with Crippen LogP contribution in [0.25, 0.3) is 22.1 Å². The van der Waals surface area contributed by atoms with Crippen molar-refractivity contribution in [1.82, 2.24) is 4.90 Å². The lowest BCUT2D eigenvalue weighted by Crippen LogP contribution is -2.32. The molecule has 1 aliphatic heterocycles. The van der Waals surface area contributed by atoms with Crippen LogP contribution in [0.1, 0.15) is 27.1 Å². The average Bonchev–Trinajstić information content (AvgIpc) is 3.08. The highest BCUT2D eigenvalue weighted by molar-refractivity contribution is 6.30. The Morgan fingerprint density at radius 1 is 0.882 bits per heavy atom. The van der Waals surface area contributed by atoms with Gasteiger partial charge in [0.25, 0.3) is 11.8 Å². The van der Waals surface area contributed by atoms with Crippen LogP contribution in [0.4, 0.5) is 0 Å². The van der Waals surface area contributed by atoms with Crippen molar-refractivity contribution in [3.63, 3.8) is 0 Å². The van der Waals surface area contributed by atoms with Crippen molar-refractivity contribution < 1.29 is 23.5 Å². The molecule has 1 aromatic heterocycles. The summed E-state index contributed by atoms with van der Waals surface area (Å²) in [4.78, 5) is 51.1. The number of hydrogen-bond acceptors (Lipinski definition) is 6. The lowest BCUT2D eigenvalue weighted by molar-refractivity contribution is -0.134. The molecule has 0 fully saturated rings. The van der Waals surface area contributed by atoms with Crippen LogP contribution in [0.3, 0.4) is 0 Å². The van der Waals surface area contributed by atoms with Crippen LogP contribution in [0.5, 0.6) is 5.75 Å². The summed E-state index contributed by atoms with van der Waals surface area (Å²) in [5, 5.41) is 0.890. The van der Waals surface area contributed by atoms with E-state index in [-0.39, 0.29) is 29.7 Å². The van der Waals surface area contributed by atoms with Crippen molar-refractivity contribution in [2.45, 2.75) is 6.42 Å². The van der Waals surface area contributed by atoms with Crippen molar-refractivity contribution in [3.05, 3.63) is 99.4 Å². The molecule has 0 saturated carbocycles. The fraction of sp³-hybridized carbons (Fsp3) is 0.0769. The zero-order chi connectivity index (χ0) is 23.8. The Hall–Kier alpha value is -4.23. The minimum atomic E-state index is -0.629. The maximum absolute atomic E-state index is 12.9. The maximum Gasteiger partial charge on any atom is 0.313 e. The predicted octanol–water partition coefficient (Wildman–Crippen LogP) is 4.71. The molecule has 0 saturated heterocycles. The molecule has 0 N–H and O–H groups in total. The first-order valence-electron chi connectivity index (χ1n) is 10.4. The van der Waals surface area contributed by atoms with Crippen LogP contribution in [0.2, 0.25) is 5.02 Å². The minimum absolute atomic E-state index is 0.0989. The number of carbonyl (C=O) groups is 3. The van der Waals surface area contributed by atoms with Crippen LogP contribution in [0, 0.1) is 0 Å². The van der Waals surface area contributed by atoms with E-state index in [1.54, 1.807) is 48.5 Å². The van der Waals surface area contributed by atoms with E-state index in [2.05, 4.69) is 0 Å². The molecule has 0 unspecified atom stereocenters. The highest BCUT2D eigenvalue weighted by Crippen LogP contribution is 2.25. The molecule has 3 aromatic carbocycles. The van der Waals surface area contributed by atoms with Gasteiger partial charge < -0.3 is 9.15 Å². The van der Waals surface area contributed by atoms with E-state index in [0.717, 1.165) is 4.90 Å². The number of carbonyl (C=O) groups excluding carboxylic acids is 3. The van der Waals surface area contributed by atoms with Crippen molar-refractivity contribution in [2.75, 3.05) is 6.54 Å². The SMILES string of the molecule is O=C(CCN1C(=O)c2ccccc2C1=O)Oc1ccc2c(=O)c(-c3ccc(Cl)cc3)coc2c1. The van der Waals surface area contributed by atoms with Gasteiger partial charge in [-0.05, 0) is 42.0 Å². The first-order chi connectivity index (χ1) is 16.4. The normalized spacial score (nSPS) is 12.8. The molecule has 8 heteroatoms. The zero-order valence-electron chi connectivity index (χ0n) is 17.6. The third-order valence-electron chi connectivity index (χ3n) is 5.55. The number of benzene rings is 3. The number of esters is 1. The van der Waals surface area contributed by atoms with Gasteiger partial charge in [-0.1, -0.05) is 35.9 Å². The number of halogens is 1. The Balaban J connectivity index is 1.29. The predicted molar refractivity (Wildman–Crippen MR) is 125 cm³/mol. The van der Waals surface area contributed by atoms with Gasteiger partial charge in [-0.25, -0.2) is 0 Å². The Labute approximate surface area is 198 Å². The summed E-state index contributed by atoms with van der Waals surface area (Å²) in [7, 11) is 0. The van der Waals surface area contributed by atoms with E-state index in [4.69, 9.17) is 20.8 Å². The van der Waals surface area contributed by atoms with Gasteiger partial charge in [-0.3, -0.25) is 24.1 Å². The maximum atomic E-state index is 12.9. The minimum Gasteiger partial charge on any atom is -0.463 e. The van der Waals surface area contributed by atoms with Crippen LogP contribution >= 0.6 is 11.6 Å². The molecule has 7 nitrogen and oxygen atoms in total. The smallest absolute Gasteiger partial charge is 0.313 e. The number of hydrogen-bond donors (Lipinski definition) is 0. The van der Waals surface area contributed by atoms with E-state index in [0.29, 0.717) is 32.7 Å². The Morgan fingerprint density at radius 3 is 2.24 bits per heavy atom. The Kier molecular flexibility index (Phi) is 5.47. The van der Waals surface area contributed by atoms with E-state index in [9.17, 15) is 19.2 Å². The van der Waals surface area contributed by atoms with Crippen LogP contribution < -0.4 is 10.2 Å². The number of nitrogens with zero attached hydrogens (tertiary/aromatic N) is 1. The molecule has 0 spiro atoms. The summed E-state index contributed by atoms with van der Waals surface area (Å²) in [6.45, 7) is -0.0989. The molecule has 5 rings (SSSR count). The standard InChI is InChI=1S/C26H16ClNO6/c27-16-7-5-15(6-8-16)21-14-33-22-13-17(9-10-20(22)24(21)30)34-23(29)11-12-28-25(31)18-3-1-2-4-19(18)26(28)32/h1-10,13-14H,11-12H2. The number of rotatable bonds is 5. The van der Waals surface area contributed by atoms with Crippen LogP contribution in [0.15, 0.2) is 82.2 Å². The molecule has 168 valence electrons. The topological polar surface area (TPSA) is 93.9 Å². The number of ether oxygens (including phenoxy) is 1. The van der Waals surface area contributed by atoms with Gasteiger partial charge in [-0.2, -0.15) is 0 Å². The van der Waals surface area contributed by atoms with Crippen LogP contribution in [-0.2, 0) is 4.79 Å². The second-order valence-corrected chi connectivity index (χ2v) is 8.11. The average molecular weight is 474 g/mol. The second-order valence-electron chi connectivity index (χ2n) is 7.67. The van der Waals surface area contributed by atoms with Gasteiger partial charge in [0, 0.05) is 17.6 Å². The van der Waals surface area contributed by atoms with Gasteiger partial charge in [0.15, 0.2) is 5.43 Å². The summed E-state index contributed by atoms with van der Waals surface area (Å²) in [6.07, 6.45) is 1.17. The third-order valence-corrected chi connectivity index (χ3v) is 5.80. The highest BCUT2D eigenvalue weighted by atomic mass is 35.5. The monoisotopic (exact) mass is 473 g/mol. The summed E-state index contributed by atoms with van der Waals surface area (Å²) < 4.78 is 10.9. The van der Waals surface area contributed by atoms with E-state index >= 15 is 0 Å². The van der Waals surface area contributed by atoms with E-state index in [1.807, 2.05) is 0 Å². The molecule has 0 bridgehead atoms. The zero-order valence-corrected chi connectivity index (χ0v) is 18.4. The lowest BCUT2D eigenvalue weighted by atomic mass is 10.1. The van der Waals surface area contributed by atoms with Gasteiger partial charge in [-0.15, -0.1) is 0 Å². The van der Waals surface area contributed by atoms with Gasteiger partial charge in [0.2, 0.25) is 0 Å². The fourth-order valence-corrected chi connectivity index (χ4v) is 3.95. The molecule has 2 amide bonds. The summed E-state index contributed by atoms with van der Waals surface area (Å²) in [5.74, 6) is -1.31. The number of amides is 2. The summed E-state index contributed by atoms with van der Waals surface area (Å²) in [6, 6.07) is 17.8. The van der Waals surface area contributed by atoms with Gasteiger partial charge in [0.05, 0.1) is 28.5 Å². The first-order valence-corrected chi connectivity index (χ1v) is 10.8. The fourth-order valence-electron chi connectivity index (χ4n) is 3.83. The molecule has 0 aliphatic carbocycles. The Morgan fingerprint density at radius 2 is 1.56 bits per heavy atom. The summed E-state index contributed by atoms with van der Waals surface area (Å²) in [5.41, 5.74) is 1.73. The second kappa shape index (κ2) is 8.61. The van der Waals surface area contributed by atoms with E-state index in [1.165, 1.54) is 24.5 Å². The van der Waals surface area contributed by atoms with Crippen LogP contribution in [-0.4, -0.2) is 29.2 Å². The number of imide groups is 1. The molecular weight excluding hydrogens is 458 g/mol. The largest absolute Gasteiger partial charge is 0.463 e. The van der Waals surface area contributed by atoms with Crippen molar-refractivity contribution in [2.24, 2.45) is 0 Å². The molecular formula is C26H16ClNO6. The molecule has 0 radical (unpaired) electrons. The van der Waals surface area contributed by atoms with E-state index < -0.39 is 17.8 Å². The summed E-state index contributed by atoms with van der Waals surface area (Å²) >= 11 is 5.91. The van der Waals surface area contributed by atoms with Crippen molar-refractivity contribution in [3.8, 4) is 16.9 Å². The highest BCUT2D eigenvalue weighted by Gasteiger charge is 2.35. The van der Waals surface area contributed by atoms with Gasteiger partial charge >= 0.3 is 5.97 Å². The molecule has 2 heterocycles. The molecule has 0 atom stereocenters. The molecule has 1 aliphatic rings. The van der Waals surface area contributed by atoms with Crippen molar-refractivity contribution >= 4 is 40.4 Å². The third kappa shape index (κ3) is 3.86.